The molecule has 0 aromatic heterocycles. The van der Waals surface area contributed by atoms with Crippen molar-refractivity contribution in [3.05, 3.63) is 0 Å². The van der Waals surface area contributed by atoms with Crippen molar-refractivity contribution in [1.82, 2.24) is 10.6 Å². The number of hydrogen-bond acceptors (Lipinski definition) is 3. The predicted molar refractivity (Wildman–Crippen MR) is 66.8 cm³/mol. The largest absolute Gasteiger partial charge is 0.481 e. The van der Waals surface area contributed by atoms with Crippen LogP contribution in [0.2, 0.25) is 0 Å². The Kier molecular flexibility index (Phi) is 4.74. The van der Waals surface area contributed by atoms with Gasteiger partial charge in [-0.3, -0.25) is 4.79 Å². The first kappa shape index (κ1) is 15.3. The quantitative estimate of drug-likeness (QED) is 0.547. The monoisotopic (exact) mass is 272 g/mol. The molecule has 1 aliphatic rings. The van der Waals surface area contributed by atoms with E-state index in [4.69, 9.17) is 10.2 Å². The van der Waals surface area contributed by atoms with E-state index in [-0.39, 0.29) is 30.7 Å². The lowest BCUT2D eigenvalue weighted by molar-refractivity contribution is -0.140. The molecule has 7 heteroatoms. The van der Waals surface area contributed by atoms with Gasteiger partial charge in [-0.2, -0.15) is 0 Å². The number of carboxylic acid groups (broad SMARTS) is 2. The summed E-state index contributed by atoms with van der Waals surface area (Å²) in [5.74, 6) is -2.14. The van der Waals surface area contributed by atoms with E-state index >= 15 is 0 Å². The summed E-state index contributed by atoms with van der Waals surface area (Å²) in [5.41, 5.74) is 0.0688. The third kappa shape index (κ3) is 5.15. The van der Waals surface area contributed by atoms with E-state index in [1.54, 1.807) is 0 Å². The zero-order valence-corrected chi connectivity index (χ0v) is 11.1. The van der Waals surface area contributed by atoms with Crippen molar-refractivity contribution >= 4 is 18.0 Å². The molecule has 19 heavy (non-hydrogen) atoms. The molecule has 0 radical (unpaired) electrons. The fourth-order valence-corrected chi connectivity index (χ4v) is 1.79. The summed E-state index contributed by atoms with van der Waals surface area (Å²) < 4.78 is 0. The van der Waals surface area contributed by atoms with Gasteiger partial charge < -0.3 is 20.8 Å². The lowest BCUT2D eigenvalue weighted by atomic mass is 10.1. The summed E-state index contributed by atoms with van der Waals surface area (Å²) in [5, 5.41) is 22.5. The van der Waals surface area contributed by atoms with Gasteiger partial charge in [-0.25, -0.2) is 9.59 Å². The van der Waals surface area contributed by atoms with E-state index in [9.17, 15) is 14.4 Å². The highest BCUT2D eigenvalue weighted by Crippen LogP contribution is 2.44. The molecule has 0 saturated heterocycles. The van der Waals surface area contributed by atoms with E-state index in [0.717, 1.165) is 6.42 Å². The van der Waals surface area contributed by atoms with E-state index in [1.165, 1.54) is 0 Å². The van der Waals surface area contributed by atoms with Gasteiger partial charge in [0, 0.05) is 12.5 Å². The topological polar surface area (TPSA) is 116 Å². The fraction of sp³-hybridized carbons (Fsp3) is 0.750. The molecule has 4 N–H and O–H groups in total. The van der Waals surface area contributed by atoms with Gasteiger partial charge in [-0.05, 0) is 24.7 Å². The van der Waals surface area contributed by atoms with Crippen LogP contribution in [0.5, 0.6) is 0 Å². The maximum absolute atomic E-state index is 11.6. The van der Waals surface area contributed by atoms with E-state index in [1.807, 2.05) is 13.8 Å². The van der Waals surface area contributed by atoms with Crippen LogP contribution >= 0.6 is 0 Å². The molecule has 108 valence electrons. The predicted octanol–water partition coefficient (Wildman–Crippen LogP) is 0.792. The van der Waals surface area contributed by atoms with Crippen LogP contribution in [0, 0.1) is 5.41 Å². The zero-order chi connectivity index (χ0) is 14.6. The lowest BCUT2D eigenvalue weighted by Crippen LogP contribution is -2.47. The Morgan fingerprint density at radius 2 is 1.89 bits per heavy atom. The Hall–Kier alpha value is -1.79. The van der Waals surface area contributed by atoms with Crippen LogP contribution < -0.4 is 10.6 Å². The summed E-state index contributed by atoms with van der Waals surface area (Å²) in [6, 6.07) is -1.50. The van der Waals surface area contributed by atoms with Gasteiger partial charge in [0.1, 0.15) is 6.04 Å². The number of carboxylic acids is 2. The number of hydrogen-bond donors (Lipinski definition) is 4. The standard InChI is InChI=1S/C12H20N2O5/c1-12(2)6-8(12)14-11(19)13-7(10(17)18)4-3-5-9(15)16/h7-8H,3-6H2,1-2H3,(H,15,16)(H,17,18)(H2,13,14,19)/t7-,8?/m1/s1. The Morgan fingerprint density at radius 3 is 2.32 bits per heavy atom. The second kappa shape index (κ2) is 5.90. The molecule has 0 aromatic rings. The van der Waals surface area contributed by atoms with Crippen LogP contribution in [0.4, 0.5) is 4.79 Å². The molecule has 0 bridgehead atoms. The number of carbonyl (C=O) groups excluding carboxylic acids is 1. The summed E-state index contributed by atoms with van der Waals surface area (Å²) >= 11 is 0. The van der Waals surface area contributed by atoms with Gasteiger partial charge >= 0.3 is 18.0 Å². The van der Waals surface area contributed by atoms with Crippen LogP contribution in [0.15, 0.2) is 0 Å². The molecule has 2 atom stereocenters. The third-order valence-electron chi connectivity index (χ3n) is 3.31. The summed E-state index contributed by atoms with van der Waals surface area (Å²) in [6.45, 7) is 4.03. The molecule has 0 aromatic carbocycles. The molecular formula is C12H20N2O5. The first-order valence-corrected chi connectivity index (χ1v) is 6.24. The Labute approximate surface area is 111 Å². The highest BCUT2D eigenvalue weighted by Gasteiger charge is 2.46. The highest BCUT2D eigenvalue weighted by molar-refractivity contribution is 5.82. The van der Waals surface area contributed by atoms with Crippen LogP contribution in [0.1, 0.15) is 39.5 Å². The molecule has 1 aliphatic carbocycles. The Bertz CT molecular complexity index is 380. The number of urea groups is 1. The van der Waals surface area contributed by atoms with E-state index < -0.39 is 24.0 Å². The minimum atomic E-state index is -1.16. The van der Waals surface area contributed by atoms with Crippen LogP contribution in [-0.2, 0) is 9.59 Å². The maximum atomic E-state index is 11.6. The average Bonchev–Trinajstić information content (AvgIpc) is 2.83. The van der Waals surface area contributed by atoms with E-state index in [2.05, 4.69) is 10.6 Å². The van der Waals surface area contributed by atoms with Crippen molar-refractivity contribution in [2.75, 3.05) is 0 Å². The van der Waals surface area contributed by atoms with Gasteiger partial charge in [-0.1, -0.05) is 13.8 Å². The minimum Gasteiger partial charge on any atom is -0.481 e. The van der Waals surface area contributed by atoms with Crippen molar-refractivity contribution in [3.8, 4) is 0 Å². The van der Waals surface area contributed by atoms with Crippen LogP contribution in [0.25, 0.3) is 0 Å². The summed E-state index contributed by atoms with van der Waals surface area (Å²) in [6.07, 6.45) is 1.07. The molecule has 1 saturated carbocycles. The first-order chi connectivity index (χ1) is 8.72. The maximum Gasteiger partial charge on any atom is 0.326 e. The normalized spacial score (nSPS) is 21.3. The zero-order valence-electron chi connectivity index (χ0n) is 11.1. The Morgan fingerprint density at radius 1 is 1.32 bits per heavy atom. The fourth-order valence-electron chi connectivity index (χ4n) is 1.79. The molecule has 0 heterocycles. The second-order valence-corrected chi connectivity index (χ2v) is 5.54. The van der Waals surface area contributed by atoms with Crippen molar-refractivity contribution < 1.29 is 24.6 Å². The van der Waals surface area contributed by atoms with Gasteiger partial charge in [-0.15, -0.1) is 0 Å². The average molecular weight is 272 g/mol. The van der Waals surface area contributed by atoms with Crippen LogP contribution in [0.3, 0.4) is 0 Å². The molecule has 1 fully saturated rings. The minimum absolute atomic E-state index is 0.0688. The highest BCUT2D eigenvalue weighted by atomic mass is 16.4. The van der Waals surface area contributed by atoms with Crippen molar-refractivity contribution in [2.24, 2.45) is 5.41 Å². The molecule has 7 nitrogen and oxygen atoms in total. The third-order valence-corrected chi connectivity index (χ3v) is 3.31. The van der Waals surface area contributed by atoms with Crippen LogP contribution in [-0.4, -0.2) is 40.3 Å². The summed E-state index contributed by atoms with van der Waals surface area (Å²) in [7, 11) is 0. The number of amides is 2. The second-order valence-electron chi connectivity index (χ2n) is 5.54. The number of carbonyl (C=O) groups is 3. The lowest BCUT2D eigenvalue weighted by Gasteiger charge is -2.15. The molecule has 2 amide bonds. The van der Waals surface area contributed by atoms with Gasteiger partial charge in [0.05, 0.1) is 0 Å². The van der Waals surface area contributed by atoms with E-state index in [0.29, 0.717) is 0 Å². The molecule has 1 unspecified atom stereocenters. The molecule has 1 rings (SSSR count). The van der Waals surface area contributed by atoms with Crippen molar-refractivity contribution in [3.63, 3.8) is 0 Å². The number of nitrogens with one attached hydrogen (secondary N) is 2. The van der Waals surface area contributed by atoms with Gasteiger partial charge in [0.25, 0.3) is 0 Å². The van der Waals surface area contributed by atoms with Crippen molar-refractivity contribution in [2.45, 2.75) is 51.6 Å². The smallest absolute Gasteiger partial charge is 0.326 e. The molecule has 0 spiro atoms. The Balaban J connectivity index is 2.34. The first-order valence-electron chi connectivity index (χ1n) is 6.24. The molecule has 0 aliphatic heterocycles. The van der Waals surface area contributed by atoms with Gasteiger partial charge in [0.15, 0.2) is 0 Å². The van der Waals surface area contributed by atoms with Crippen molar-refractivity contribution in [1.29, 1.82) is 0 Å². The SMILES string of the molecule is CC1(C)CC1NC(=O)N[C@H](CCCC(=O)O)C(=O)O. The summed E-state index contributed by atoms with van der Waals surface area (Å²) in [4.78, 5) is 32.9. The van der Waals surface area contributed by atoms with Gasteiger partial charge in [0.2, 0.25) is 0 Å². The number of rotatable bonds is 7. The number of aliphatic carboxylic acids is 2. The molecular weight excluding hydrogens is 252 g/mol.